The minimum absolute atomic E-state index is 0.0651. The fraction of sp³-hybridized carbons (Fsp3) is 0.538. The second kappa shape index (κ2) is 6.24. The van der Waals surface area contributed by atoms with Gasteiger partial charge in [-0.3, -0.25) is 0 Å². The molecule has 0 fully saturated rings. The summed E-state index contributed by atoms with van der Waals surface area (Å²) in [5.74, 6) is 0.786. The first-order valence-corrected chi connectivity index (χ1v) is 6.12. The number of aliphatic hydroxyl groups excluding tert-OH is 1. The summed E-state index contributed by atoms with van der Waals surface area (Å²) in [4.78, 5) is 0. The van der Waals surface area contributed by atoms with Gasteiger partial charge in [0.1, 0.15) is 5.75 Å². The van der Waals surface area contributed by atoms with Crippen LogP contribution in [0.25, 0.3) is 0 Å². The van der Waals surface area contributed by atoms with Crippen molar-refractivity contribution in [3.05, 3.63) is 28.8 Å². The second-order valence-corrected chi connectivity index (χ2v) is 4.79. The third kappa shape index (κ3) is 3.35. The second-order valence-electron chi connectivity index (χ2n) is 4.35. The molecule has 96 valence electrons. The average Bonchev–Trinajstić information content (AvgIpc) is 2.36. The van der Waals surface area contributed by atoms with Crippen LogP contribution in [0.3, 0.4) is 0 Å². The minimum atomic E-state index is -0.294. The van der Waals surface area contributed by atoms with E-state index in [1.54, 1.807) is 13.2 Å². The summed E-state index contributed by atoms with van der Waals surface area (Å²) in [5.41, 5.74) is 6.47. The number of methoxy groups -OCH3 is 1. The van der Waals surface area contributed by atoms with Crippen molar-refractivity contribution in [1.29, 1.82) is 0 Å². The number of hydrogen-bond donors (Lipinski definition) is 2. The number of ether oxygens (including phenoxy) is 1. The molecular weight excluding hydrogens is 238 g/mol. The lowest BCUT2D eigenvalue weighted by atomic mass is 9.80. The van der Waals surface area contributed by atoms with Crippen molar-refractivity contribution in [3.63, 3.8) is 0 Å². The molecule has 0 aliphatic rings. The Morgan fingerprint density at radius 2 is 2.18 bits per heavy atom. The number of benzene rings is 1. The van der Waals surface area contributed by atoms with Gasteiger partial charge in [-0.15, -0.1) is 0 Å². The van der Waals surface area contributed by atoms with Crippen molar-refractivity contribution >= 4 is 11.6 Å². The van der Waals surface area contributed by atoms with Crippen molar-refractivity contribution in [2.75, 3.05) is 20.3 Å². The maximum Gasteiger partial charge on any atom is 0.122 e. The zero-order valence-corrected chi connectivity index (χ0v) is 11.1. The molecule has 1 aromatic rings. The van der Waals surface area contributed by atoms with E-state index in [0.29, 0.717) is 18.0 Å². The SMILES string of the molecule is CCC(CN)(CO)Cc1cc(Cl)ccc1OC. The Hall–Kier alpha value is -0.770. The van der Waals surface area contributed by atoms with E-state index in [2.05, 4.69) is 0 Å². The molecule has 1 aromatic carbocycles. The Kier molecular flexibility index (Phi) is 5.25. The predicted octanol–water partition coefficient (Wildman–Crippen LogP) is 2.24. The Labute approximate surface area is 108 Å². The molecule has 1 atom stereocenters. The van der Waals surface area contributed by atoms with Gasteiger partial charge in [0.25, 0.3) is 0 Å². The van der Waals surface area contributed by atoms with Crippen molar-refractivity contribution in [2.24, 2.45) is 11.1 Å². The normalized spacial score (nSPS) is 14.4. The van der Waals surface area contributed by atoms with Gasteiger partial charge >= 0.3 is 0 Å². The van der Waals surface area contributed by atoms with E-state index in [0.717, 1.165) is 17.7 Å². The van der Waals surface area contributed by atoms with Gasteiger partial charge in [-0.2, -0.15) is 0 Å². The van der Waals surface area contributed by atoms with Crippen LogP contribution < -0.4 is 10.5 Å². The van der Waals surface area contributed by atoms with Gasteiger partial charge in [0.15, 0.2) is 0 Å². The lowest BCUT2D eigenvalue weighted by Crippen LogP contribution is -2.36. The van der Waals surface area contributed by atoms with Crippen molar-refractivity contribution in [1.82, 2.24) is 0 Å². The molecule has 4 heteroatoms. The Bertz CT molecular complexity index is 356. The highest BCUT2D eigenvalue weighted by molar-refractivity contribution is 6.30. The van der Waals surface area contributed by atoms with Crippen LogP contribution in [0.1, 0.15) is 18.9 Å². The topological polar surface area (TPSA) is 55.5 Å². The molecule has 0 amide bonds. The Balaban J connectivity index is 3.03. The first-order valence-electron chi connectivity index (χ1n) is 5.74. The molecule has 0 saturated heterocycles. The highest BCUT2D eigenvalue weighted by Crippen LogP contribution is 2.31. The van der Waals surface area contributed by atoms with Crippen LogP contribution in [0, 0.1) is 5.41 Å². The van der Waals surface area contributed by atoms with E-state index in [9.17, 15) is 5.11 Å². The standard InChI is InChI=1S/C13H20ClNO2/c1-3-13(8-15,9-16)7-10-6-11(14)4-5-12(10)17-2/h4-6,16H,3,7-9,15H2,1-2H3. The van der Waals surface area contributed by atoms with Crippen molar-refractivity contribution in [3.8, 4) is 5.75 Å². The maximum atomic E-state index is 9.52. The molecule has 0 aromatic heterocycles. The van der Waals surface area contributed by atoms with E-state index in [4.69, 9.17) is 22.1 Å². The van der Waals surface area contributed by atoms with Gasteiger partial charge in [-0.25, -0.2) is 0 Å². The third-order valence-corrected chi connectivity index (χ3v) is 3.56. The molecule has 0 aliphatic carbocycles. The zero-order chi connectivity index (χ0) is 12.9. The maximum absolute atomic E-state index is 9.52. The molecule has 0 spiro atoms. The highest BCUT2D eigenvalue weighted by atomic mass is 35.5. The molecule has 1 unspecified atom stereocenters. The molecule has 17 heavy (non-hydrogen) atoms. The zero-order valence-electron chi connectivity index (χ0n) is 10.4. The van der Waals surface area contributed by atoms with Crippen LogP contribution >= 0.6 is 11.6 Å². The Morgan fingerprint density at radius 3 is 2.65 bits per heavy atom. The molecule has 0 bridgehead atoms. The molecule has 3 N–H and O–H groups in total. The van der Waals surface area contributed by atoms with E-state index >= 15 is 0 Å². The van der Waals surface area contributed by atoms with Gasteiger partial charge in [0.2, 0.25) is 0 Å². The average molecular weight is 258 g/mol. The van der Waals surface area contributed by atoms with E-state index in [1.165, 1.54) is 0 Å². The molecule has 0 aliphatic heterocycles. The van der Waals surface area contributed by atoms with Crippen molar-refractivity contribution in [2.45, 2.75) is 19.8 Å². The molecule has 0 heterocycles. The lowest BCUT2D eigenvalue weighted by molar-refractivity contribution is 0.126. The number of nitrogens with two attached hydrogens (primary N) is 1. The number of aliphatic hydroxyl groups is 1. The van der Waals surface area contributed by atoms with E-state index < -0.39 is 0 Å². The van der Waals surface area contributed by atoms with Crippen LogP contribution in [0.4, 0.5) is 0 Å². The van der Waals surface area contributed by atoms with Crippen LogP contribution in [0.5, 0.6) is 5.75 Å². The number of hydrogen-bond acceptors (Lipinski definition) is 3. The van der Waals surface area contributed by atoms with Crippen LogP contribution in [0.2, 0.25) is 5.02 Å². The summed E-state index contributed by atoms with van der Waals surface area (Å²) >= 11 is 5.98. The van der Waals surface area contributed by atoms with E-state index in [-0.39, 0.29) is 12.0 Å². The Morgan fingerprint density at radius 1 is 1.47 bits per heavy atom. The summed E-state index contributed by atoms with van der Waals surface area (Å²) < 4.78 is 5.30. The molecule has 0 saturated carbocycles. The van der Waals surface area contributed by atoms with Crippen LogP contribution in [-0.4, -0.2) is 25.4 Å². The lowest BCUT2D eigenvalue weighted by Gasteiger charge is -2.29. The van der Waals surface area contributed by atoms with Gasteiger partial charge < -0.3 is 15.6 Å². The fourth-order valence-corrected chi connectivity index (χ4v) is 2.06. The monoisotopic (exact) mass is 257 g/mol. The first-order chi connectivity index (χ1) is 8.10. The summed E-state index contributed by atoms with van der Waals surface area (Å²) in [6.07, 6.45) is 1.48. The van der Waals surface area contributed by atoms with Crippen LogP contribution in [0.15, 0.2) is 18.2 Å². The summed E-state index contributed by atoms with van der Waals surface area (Å²) in [5, 5.41) is 10.2. The fourth-order valence-electron chi connectivity index (χ4n) is 1.86. The largest absolute Gasteiger partial charge is 0.496 e. The van der Waals surface area contributed by atoms with E-state index in [1.807, 2.05) is 19.1 Å². The number of rotatable bonds is 6. The van der Waals surface area contributed by atoms with Gasteiger partial charge in [0.05, 0.1) is 13.7 Å². The quantitative estimate of drug-likeness (QED) is 0.822. The predicted molar refractivity (Wildman–Crippen MR) is 70.6 cm³/mol. The highest BCUT2D eigenvalue weighted by Gasteiger charge is 2.27. The molecule has 0 radical (unpaired) electrons. The minimum Gasteiger partial charge on any atom is -0.496 e. The number of halogens is 1. The summed E-state index contributed by atoms with van der Waals surface area (Å²) in [7, 11) is 1.63. The summed E-state index contributed by atoms with van der Waals surface area (Å²) in [6, 6.07) is 5.50. The van der Waals surface area contributed by atoms with Crippen LogP contribution in [-0.2, 0) is 6.42 Å². The van der Waals surface area contributed by atoms with Gasteiger partial charge in [0, 0.05) is 17.0 Å². The van der Waals surface area contributed by atoms with Gasteiger partial charge in [-0.05, 0) is 36.6 Å². The molecular formula is C13H20ClNO2. The summed E-state index contributed by atoms with van der Waals surface area (Å²) in [6.45, 7) is 2.53. The molecule has 3 nitrogen and oxygen atoms in total. The smallest absolute Gasteiger partial charge is 0.122 e. The van der Waals surface area contributed by atoms with Gasteiger partial charge in [-0.1, -0.05) is 18.5 Å². The molecule has 1 rings (SSSR count). The van der Waals surface area contributed by atoms with Crippen molar-refractivity contribution < 1.29 is 9.84 Å². The third-order valence-electron chi connectivity index (χ3n) is 3.33. The first kappa shape index (κ1) is 14.3.